The molecule has 0 spiro atoms. The van der Waals surface area contributed by atoms with E-state index in [9.17, 15) is 49.6 Å². The summed E-state index contributed by atoms with van der Waals surface area (Å²) in [4.78, 5) is 43.1. The van der Waals surface area contributed by atoms with Gasteiger partial charge in [0, 0.05) is 28.8 Å². The number of amides is 1. The molecule has 20 heteroatoms. The van der Waals surface area contributed by atoms with E-state index < -0.39 is 46.7 Å². The predicted octanol–water partition coefficient (Wildman–Crippen LogP) is 4.07. The largest absolute Gasteiger partial charge is 0.460 e. The normalized spacial score (nSPS) is 12.2. The highest BCUT2D eigenvalue weighted by Crippen LogP contribution is 2.51. The molecule has 1 aromatic carbocycles. The molecule has 0 atom stereocenters. The number of hydrogen-bond acceptors (Lipinski definition) is 9. The third-order valence-electron chi connectivity index (χ3n) is 4.72. The van der Waals surface area contributed by atoms with Gasteiger partial charge in [-0.3, -0.25) is 4.79 Å². The van der Waals surface area contributed by atoms with E-state index in [4.69, 9.17) is 0 Å². The first-order valence-corrected chi connectivity index (χ1v) is 10.8. The molecule has 0 bridgehead atoms. The number of tetrazole rings is 1. The first-order chi connectivity index (χ1) is 18.1. The molecule has 0 aliphatic heterocycles. The molecular formula is C19H12F8N7O4S+. The molecule has 0 saturated heterocycles. The van der Waals surface area contributed by atoms with Crippen LogP contribution in [0.2, 0.25) is 0 Å². The summed E-state index contributed by atoms with van der Waals surface area (Å²) in [6.45, 7) is -0.271. The van der Waals surface area contributed by atoms with Crippen LogP contribution in [0.1, 0.15) is 15.9 Å². The number of hydrogen-bond donors (Lipinski definition) is 1. The Kier molecular flexibility index (Phi) is 8.17. The Hall–Kier alpha value is -4.23. The number of pyridine rings is 1. The van der Waals surface area contributed by atoms with Gasteiger partial charge < -0.3 is 10.1 Å². The summed E-state index contributed by atoms with van der Waals surface area (Å²) in [5.74, 6) is -16.7. The second-order valence-corrected chi connectivity index (χ2v) is 8.20. The molecule has 0 unspecified atom stereocenters. The highest BCUT2D eigenvalue weighted by Gasteiger charge is 2.73. The number of nitrogens with one attached hydrogen (secondary N) is 1. The van der Waals surface area contributed by atoms with Crippen LogP contribution in [0.3, 0.4) is 0 Å². The van der Waals surface area contributed by atoms with Crippen molar-refractivity contribution in [1.29, 1.82) is 0 Å². The van der Waals surface area contributed by atoms with Crippen LogP contribution >= 0.6 is 11.8 Å². The van der Waals surface area contributed by atoms with Crippen molar-refractivity contribution in [2.45, 2.75) is 34.6 Å². The zero-order valence-corrected chi connectivity index (χ0v) is 19.7. The van der Waals surface area contributed by atoms with Gasteiger partial charge in [0.1, 0.15) is 12.8 Å². The molecule has 0 aliphatic carbocycles. The summed E-state index contributed by atoms with van der Waals surface area (Å²) in [5.41, 5.74) is -2.75. The number of benzene rings is 1. The van der Waals surface area contributed by atoms with Gasteiger partial charge in [0.2, 0.25) is 5.16 Å². The summed E-state index contributed by atoms with van der Waals surface area (Å²) < 4.78 is 107. The van der Waals surface area contributed by atoms with Gasteiger partial charge in [0.25, 0.3) is 10.8 Å². The molecule has 2 aromatic heterocycles. The van der Waals surface area contributed by atoms with Crippen LogP contribution in [0.15, 0.2) is 40.5 Å². The maximum atomic E-state index is 14.5. The number of nitrogens with zero attached hydrogens (tertiary/aromatic N) is 6. The molecule has 3 aromatic rings. The number of aldehydes is 1. The Bertz CT molecular complexity index is 1420. The van der Waals surface area contributed by atoms with Crippen LogP contribution in [-0.2, 0) is 22.1 Å². The third kappa shape index (κ3) is 5.78. The van der Waals surface area contributed by atoms with Crippen LogP contribution in [0.5, 0.6) is 0 Å². The fraction of sp³-hybridized carbons (Fsp3) is 0.263. The molecule has 0 aliphatic rings. The smallest absolute Gasteiger partial charge is 0.304 e. The van der Waals surface area contributed by atoms with Gasteiger partial charge in [-0.15, -0.1) is 5.10 Å². The van der Waals surface area contributed by atoms with E-state index in [1.165, 1.54) is 12.1 Å². The van der Waals surface area contributed by atoms with E-state index in [1.807, 2.05) is 5.32 Å². The lowest BCUT2D eigenvalue weighted by molar-refractivity contribution is -0.736. The number of carbonyl (C=O) groups is 2. The van der Waals surface area contributed by atoms with Crippen molar-refractivity contribution in [3.63, 3.8) is 0 Å². The fourth-order valence-corrected chi connectivity index (χ4v) is 3.68. The van der Waals surface area contributed by atoms with Gasteiger partial charge in [0.15, 0.2) is 18.7 Å². The highest BCUT2D eigenvalue weighted by atomic mass is 32.2. The van der Waals surface area contributed by atoms with Crippen LogP contribution < -0.4 is 5.32 Å². The molecule has 1 amide bonds. The van der Waals surface area contributed by atoms with Crippen molar-refractivity contribution in [2.75, 3.05) is 12.4 Å². The number of anilines is 1. The average Bonchev–Trinajstić information content (AvgIpc) is 3.30. The van der Waals surface area contributed by atoms with Crippen molar-refractivity contribution in [1.82, 2.24) is 25.2 Å². The zero-order valence-electron chi connectivity index (χ0n) is 18.9. The SMILES string of the molecule is CO[N+](=O)c1ccc(Sc2nnnn2CC=O)c(C(=O)Nc2ncc(C(F)(F)C(F)(F)C(F)(F)F)cc2F)c1. The molecule has 0 radical (unpaired) electrons. The lowest BCUT2D eigenvalue weighted by Crippen LogP contribution is -2.50. The number of rotatable bonds is 10. The van der Waals surface area contributed by atoms with Crippen molar-refractivity contribution in [3.8, 4) is 0 Å². The molecule has 39 heavy (non-hydrogen) atoms. The van der Waals surface area contributed by atoms with Crippen LogP contribution in [-0.4, -0.2) is 61.5 Å². The fourth-order valence-electron chi connectivity index (χ4n) is 2.79. The van der Waals surface area contributed by atoms with Gasteiger partial charge in [0.05, 0.1) is 10.5 Å². The van der Waals surface area contributed by atoms with Crippen LogP contribution in [0.4, 0.5) is 46.6 Å². The van der Waals surface area contributed by atoms with Crippen molar-refractivity contribution < 1.29 is 54.5 Å². The van der Waals surface area contributed by atoms with Crippen molar-refractivity contribution >= 4 is 35.5 Å². The first-order valence-electron chi connectivity index (χ1n) is 9.96. The maximum absolute atomic E-state index is 14.5. The Morgan fingerprint density at radius 2 is 1.87 bits per heavy atom. The zero-order chi connectivity index (χ0) is 29.2. The predicted molar refractivity (Wildman–Crippen MR) is 112 cm³/mol. The lowest BCUT2D eigenvalue weighted by atomic mass is 10.0. The number of carbonyl (C=O) groups excluding carboxylic acids is 2. The minimum Gasteiger partial charge on any atom is -0.304 e. The van der Waals surface area contributed by atoms with E-state index in [1.54, 1.807) is 0 Å². The molecule has 3 rings (SSSR count). The van der Waals surface area contributed by atoms with Crippen LogP contribution in [0.25, 0.3) is 0 Å². The molecular weight excluding hydrogens is 574 g/mol. The van der Waals surface area contributed by atoms with Gasteiger partial charge in [-0.2, -0.15) is 30.7 Å². The van der Waals surface area contributed by atoms with Crippen molar-refractivity contribution in [2.24, 2.45) is 0 Å². The Labute approximate surface area is 215 Å². The van der Waals surface area contributed by atoms with Crippen molar-refractivity contribution in [3.05, 3.63) is 52.3 Å². The quantitative estimate of drug-likeness (QED) is 0.212. The number of alkyl halides is 7. The van der Waals surface area contributed by atoms with Gasteiger partial charge in [-0.05, 0) is 34.3 Å². The minimum absolute atomic E-state index is 0.00361. The highest BCUT2D eigenvalue weighted by molar-refractivity contribution is 7.99. The minimum atomic E-state index is -6.66. The van der Waals surface area contributed by atoms with E-state index in [0.29, 0.717) is 18.0 Å². The van der Waals surface area contributed by atoms with Gasteiger partial charge in [-0.1, -0.05) is 0 Å². The van der Waals surface area contributed by atoms with Gasteiger partial charge in [-0.25, -0.2) is 18.9 Å². The second-order valence-electron chi connectivity index (χ2n) is 7.19. The number of halogens is 8. The van der Waals surface area contributed by atoms with Gasteiger partial charge >= 0.3 is 23.7 Å². The van der Waals surface area contributed by atoms with E-state index >= 15 is 0 Å². The Morgan fingerprint density at radius 3 is 2.46 bits per heavy atom. The molecule has 0 saturated carbocycles. The molecule has 1 N–H and O–H groups in total. The molecule has 0 fully saturated rings. The van der Waals surface area contributed by atoms with E-state index in [2.05, 4.69) is 25.3 Å². The molecule has 2 heterocycles. The summed E-state index contributed by atoms with van der Waals surface area (Å²) >= 11 is 0.712. The third-order valence-corrected chi connectivity index (χ3v) is 5.77. The lowest BCUT2D eigenvalue weighted by Gasteiger charge is -2.28. The summed E-state index contributed by atoms with van der Waals surface area (Å²) in [6.07, 6.45) is -6.36. The topological polar surface area (TPSA) is 132 Å². The maximum Gasteiger partial charge on any atom is 0.460 e. The van der Waals surface area contributed by atoms with Crippen LogP contribution in [0, 0.1) is 10.7 Å². The Morgan fingerprint density at radius 1 is 1.18 bits per heavy atom. The molecule has 208 valence electrons. The summed E-state index contributed by atoms with van der Waals surface area (Å²) in [7, 11) is 1.00. The standard InChI is InChI=1S/C19H11F8N7O4S/c1-38-34(37)10-2-3-13(39-16-30-31-32-33(16)4-5-35)11(7-10)15(36)29-14-12(20)6-9(8-28-14)17(21,22)18(23,24)19(25,26)27/h2-3,5-8H,4H2,1H3/p+1. The monoisotopic (exact) mass is 586 g/mol. The summed E-state index contributed by atoms with van der Waals surface area (Å²) in [5, 5.41) is 12.4. The molecule has 11 nitrogen and oxygen atoms in total. The number of aromatic nitrogens is 5. The summed E-state index contributed by atoms with van der Waals surface area (Å²) in [6, 6.07) is 3.02. The first kappa shape index (κ1) is 29.3. The average molecular weight is 586 g/mol. The second kappa shape index (κ2) is 10.9. The Balaban J connectivity index is 1.97. The van der Waals surface area contributed by atoms with E-state index in [0.717, 1.165) is 17.9 Å². The van der Waals surface area contributed by atoms with E-state index in [-0.39, 0.29) is 39.5 Å².